The Hall–Kier alpha value is -1.59. The van der Waals surface area contributed by atoms with Crippen LogP contribution in [0.25, 0.3) is 11.1 Å². The van der Waals surface area contributed by atoms with Gasteiger partial charge in [-0.15, -0.1) is 0 Å². The molecule has 0 radical (unpaired) electrons. The summed E-state index contributed by atoms with van der Waals surface area (Å²) in [5.74, 6) is 0. The number of oxazole rings is 1. The second-order valence-electron chi connectivity index (χ2n) is 4.49. The quantitative estimate of drug-likeness (QED) is 0.833. The first-order valence-corrected chi connectivity index (χ1v) is 5.59. The number of rotatable bonds is 4. The topological polar surface area (TPSA) is 67.5 Å². The number of para-hydroxylation sites is 2. The fourth-order valence-corrected chi connectivity index (χ4v) is 1.85. The zero-order valence-corrected chi connectivity index (χ0v) is 9.35. The normalized spacial score (nSPS) is 17.9. The highest BCUT2D eigenvalue weighted by Crippen LogP contribution is 2.27. The fourth-order valence-electron chi connectivity index (χ4n) is 1.85. The molecule has 0 spiro atoms. The summed E-state index contributed by atoms with van der Waals surface area (Å²) < 4.78 is 10.7. The fraction of sp³-hybridized carbons (Fsp3) is 0.417. The number of nitrogens with one attached hydrogen (secondary N) is 1. The Kier molecular flexibility index (Phi) is 2.49. The van der Waals surface area contributed by atoms with E-state index in [0.717, 1.165) is 11.1 Å². The van der Waals surface area contributed by atoms with Gasteiger partial charge in [-0.25, -0.2) is 0 Å². The molecule has 1 aliphatic heterocycles. The summed E-state index contributed by atoms with van der Waals surface area (Å²) >= 11 is 0. The van der Waals surface area contributed by atoms with Crippen molar-refractivity contribution < 1.29 is 14.3 Å². The lowest BCUT2D eigenvalue weighted by Gasteiger charge is -2.39. The van der Waals surface area contributed by atoms with Crippen LogP contribution in [0.2, 0.25) is 0 Å². The average Bonchev–Trinajstić information content (AvgIpc) is 2.71. The summed E-state index contributed by atoms with van der Waals surface area (Å²) in [5, 5.41) is 12.4. The van der Waals surface area contributed by atoms with Crippen molar-refractivity contribution in [1.29, 1.82) is 0 Å². The van der Waals surface area contributed by atoms with Crippen LogP contribution in [0, 0.1) is 5.41 Å². The molecule has 1 aromatic carbocycles. The Bertz CT molecular complexity index is 481. The Morgan fingerprint density at radius 1 is 1.35 bits per heavy atom. The van der Waals surface area contributed by atoms with Crippen molar-refractivity contribution in [2.45, 2.75) is 0 Å². The van der Waals surface area contributed by atoms with E-state index in [0.29, 0.717) is 25.8 Å². The smallest absolute Gasteiger partial charge is 0.295 e. The highest BCUT2D eigenvalue weighted by Gasteiger charge is 2.38. The maximum Gasteiger partial charge on any atom is 0.295 e. The first-order chi connectivity index (χ1) is 8.31. The molecule has 3 rings (SSSR count). The number of fused-ring (bicyclic) bond motifs is 1. The van der Waals surface area contributed by atoms with Crippen molar-refractivity contribution in [2.75, 3.05) is 31.7 Å². The predicted octanol–water partition coefficient (Wildman–Crippen LogP) is 1.25. The molecular weight excluding hydrogens is 220 g/mol. The summed E-state index contributed by atoms with van der Waals surface area (Å²) in [6.45, 7) is 1.88. The SMILES string of the molecule is OCC1(CNc2nc3ccccc3o2)COC1. The van der Waals surface area contributed by atoms with Crippen molar-refractivity contribution in [3.05, 3.63) is 24.3 Å². The Balaban J connectivity index is 1.72. The molecule has 17 heavy (non-hydrogen) atoms. The van der Waals surface area contributed by atoms with Crippen molar-refractivity contribution in [2.24, 2.45) is 5.41 Å². The van der Waals surface area contributed by atoms with Crippen LogP contribution >= 0.6 is 0 Å². The first kappa shape index (κ1) is 10.6. The number of aliphatic hydroxyl groups is 1. The van der Waals surface area contributed by atoms with E-state index in [1.165, 1.54) is 0 Å². The highest BCUT2D eigenvalue weighted by atomic mass is 16.5. The molecule has 2 aromatic rings. The van der Waals surface area contributed by atoms with Crippen LogP contribution in [0.1, 0.15) is 0 Å². The molecule has 2 heterocycles. The van der Waals surface area contributed by atoms with Gasteiger partial charge in [0.05, 0.1) is 25.2 Å². The average molecular weight is 234 g/mol. The zero-order valence-electron chi connectivity index (χ0n) is 9.35. The lowest BCUT2D eigenvalue weighted by molar-refractivity contribution is -0.128. The van der Waals surface area contributed by atoms with Gasteiger partial charge >= 0.3 is 0 Å². The van der Waals surface area contributed by atoms with Crippen LogP contribution in [0.15, 0.2) is 28.7 Å². The van der Waals surface area contributed by atoms with Crippen molar-refractivity contribution in [3.8, 4) is 0 Å². The third kappa shape index (κ3) is 1.87. The van der Waals surface area contributed by atoms with E-state index >= 15 is 0 Å². The molecule has 0 aliphatic carbocycles. The lowest BCUT2D eigenvalue weighted by atomic mass is 9.87. The van der Waals surface area contributed by atoms with Gasteiger partial charge in [-0.3, -0.25) is 0 Å². The van der Waals surface area contributed by atoms with Gasteiger partial charge in [0, 0.05) is 6.54 Å². The summed E-state index contributed by atoms with van der Waals surface area (Å²) in [7, 11) is 0. The number of aromatic nitrogens is 1. The molecule has 0 bridgehead atoms. The van der Waals surface area contributed by atoms with E-state index in [2.05, 4.69) is 10.3 Å². The van der Waals surface area contributed by atoms with Crippen LogP contribution in [0.4, 0.5) is 6.01 Å². The predicted molar refractivity (Wildman–Crippen MR) is 62.8 cm³/mol. The molecule has 1 aliphatic rings. The van der Waals surface area contributed by atoms with Crippen LogP contribution in [0.3, 0.4) is 0 Å². The van der Waals surface area contributed by atoms with Gasteiger partial charge in [0.25, 0.3) is 6.01 Å². The Morgan fingerprint density at radius 3 is 2.82 bits per heavy atom. The first-order valence-electron chi connectivity index (χ1n) is 5.59. The lowest BCUT2D eigenvalue weighted by Crippen LogP contribution is -2.50. The number of anilines is 1. The summed E-state index contributed by atoms with van der Waals surface area (Å²) in [6, 6.07) is 8.10. The Morgan fingerprint density at radius 2 is 2.18 bits per heavy atom. The number of nitrogens with zero attached hydrogens (tertiary/aromatic N) is 1. The van der Waals surface area contributed by atoms with Crippen molar-refractivity contribution in [3.63, 3.8) is 0 Å². The molecule has 0 saturated carbocycles. The van der Waals surface area contributed by atoms with Crippen LogP contribution in [0.5, 0.6) is 0 Å². The second kappa shape index (κ2) is 4.01. The molecule has 1 fully saturated rings. The second-order valence-corrected chi connectivity index (χ2v) is 4.49. The summed E-state index contributed by atoms with van der Waals surface area (Å²) in [4.78, 5) is 4.31. The third-order valence-corrected chi connectivity index (χ3v) is 3.06. The number of aliphatic hydroxyl groups excluding tert-OH is 1. The molecule has 1 saturated heterocycles. The van der Waals surface area contributed by atoms with Crippen LogP contribution < -0.4 is 5.32 Å². The van der Waals surface area contributed by atoms with E-state index in [-0.39, 0.29) is 12.0 Å². The van der Waals surface area contributed by atoms with Gasteiger partial charge in [0.1, 0.15) is 5.52 Å². The number of ether oxygens (including phenoxy) is 1. The zero-order chi connectivity index (χ0) is 11.7. The van der Waals surface area contributed by atoms with Crippen LogP contribution in [-0.4, -0.2) is 36.5 Å². The molecule has 0 unspecified atom stereocenters. The number of hydrogen-bond donors (Lipinski definition) is 2. The standard InChI is InChI=1S/C12H14N2O3/c15-6-12(7-16-8-12)5-13-11-14-9-3-1-2-4-10(9)17-11/h1-4,15H,5-8H2,(H,13,14). The molecule has 90 valence electrons. The minimum atomic E-state index is -0.180. The van der Waals surface area contributed by atoms with Gasteiger partial charge in [0.15, 0.2) is 5.58 Å². The van der Waals surface area contributed by atoms with Gasteiger partial charge in [-0.1, -0.05) is 12.1 Å². The highest BCUT2D eigenvalue weighted by molar-refractivity contribution is 5.74. The van der Waals surface area contributed by atoms with E-state index < -0.39 is 0 Å². The van der Waals surface area contributed by atoms with Gasteiger partial charge < -0.3 is 19.6 Å². The molecular formula is C12H14N2O3. The van der Waals surface area contributed by atoms with Gasteiger partial charge in [0.2, 0.25) is 0 Å². The molecule has 0 amide bonds. The molecule has 0 atom stereocenters. The van der Waals surface area contributed by atoms with Crippen molar-refractivity contribution >= 4 is 17.1 Å². The molecule has 2 N–H and O–H groups in total. The van der Waals surface area contributed by atoms with Crippen molar-refractivity contribution in [1.82, 2.24) is 4.98 Å². The summed E-state index contributed by atoms with van der Waals surface area (Å²) in [5.41, 5.74) is 1.41. The summed E-state index contributed by atoms with van der Waals surface area (Å²) in [6.07, 6.45) is 0. The Labute approximate surface area is 98.4 Å². The monoisotopic (exact) mass is 234 g/mol. The number of hydrogen-bond acceptors (Lipinski definition) is 5. The maximum atomic E-state index is 9.28. The minimum Gasteiger partial charge on any atom is -0.424 e. The van der Waals surface area contributed by atoms with E-state index in [1.54, 1.807) is 0 Å². The third-order valence-electron chi connectivity index (χ3n) is 3.06. The van der Waals surface area contributed by atoms with Crippen LogP contribution in [-0.2, 0) is 4.74 Å². The van der Waals surface area contributed by atoms with E-state index in [1.807, 2.05) is 24.3 Å². The maximum absolute atomic E-state index is 9.28. The largest absolute Gasteiger partial charge is 0.424 e. The molecule has 5 heteroatoms. The van der Waals surface area contributed by atoms with Gasteiger partial charge in [-0.05, 0) is 12.1 Å². The minimum absolute atomic E-state index is 0.111. The van der Waals surface area contributed by atoms with Gasteiger partial charge in [-0.2, -0.15) is 4.98 Å². The number of benzene rings is 1. The molecule has 5 nitrogen and oxygen atoms in total. The molecule has 1 aromatic heterocycles. The van der Waals surface area contributed by atoms with E-state index in [4.69, 9.17) is 9.15 Å². The van der Waals surface area contributed by atoms with E-state index in [9.17, 15) is 5.11 Å².